The van der Waals surface area contributed by atoms with Gasteiger partial charge in [-0.05, 0) is 36.1 Å². The van der Waals surface area contributed by atoms with Crippen molar-refractivity contribution in [3.05, 3.63) is 0 Å². The van der Waals surface area contributed by atoms with Gasteiger partial charge < -0.3 is 13.6 Å². The quantitative estimate of drug-likeness (QED) is 0.348. The van der Waals surface area contributed by atoms with Crippen molar-refractivity contribution in [2.45, 2.75) is 0 Å². The van der Waals surface area contributed by atoms with E-state index in [0.717, 1.165) is 36.1 Å². The lowest BCUT2D eigenvalue weighted by atomic mass is 11.8. The predicted octanol–water partition coefficient (Wildman–Crippen LogP) is 5.66. The van der Waals surface area contributed by atoms with E-state index in [1.807, 2.05) is 0 Å². The van der Waals surface area contributed by atoms with Crippen molar-refractivity contribution >= 4 is 59.1 Å². The molecule has 0 N–H and O–H groups in total. The van der Waals surface area contributed by atoms with Crippen molar-refractivity contribution in [1.82, 2.24) is 0 Å². The van der Waals surface area contributed by atoms with E-state index in [4.69, 9.17) is 25.5 Å². The second-order valence-electron chi connectivity index (χ2n) is 3.01. The van der Waals surface area contributed by atoms with Crippen LogP contribution >= 0.6 is 59.1 Å². The van der Waals surface area contributed by atoms with Gasteiger partial charge in [0.2, 0.25) is 0 Å². The topological polar surface area (TPSA) is 92.5 Å². The highest BCUT2D eigenvalue weighted by atomic mass is 32.2. The zero-order chi connectivity index (χ0) is 16.0. The first-order chi connectivity index (χ1) is 9.99. The highest BCUT2D eigenvalue weighted by Crippen LogP contribution is 2.81. The van der Waals surface area contributed by atoms with E-state index < -0.39 is 23.0 Å². The van der Waals surface area contributed by atoms with Crippen molar-refractivity contribution in [3.63, 3.8) is 0 Å². The summed E-state index contributed by atoms with van der Waals surface area (Å²) in [5.74, 6) is 0. The first kappa shape index (κ1) is 20.5. The number of nitrogens with zero attached hydrogens (tertiary/aromatic N) is 3. The molecule has 0 fully saturated rings. The molecule has 0 amide bonds. The van der Waals surface area contributed by atoms with E-state index >= 15 is 0 Å². The van der Waals surface area contributed by atoms with Gasteiger partial charge in [-0.25, -0.2) is 11.9 Å². The van der Waals surface area contributed by atoms with Gasteiger partial charge in [-0.3, -0.25) is 0 Å². The highest BCUT2D eigenvalue weighted by molar-refractivity contribution is 8.01. The highest BCUT2D eigenvalue weighted by Gasteiger charge is 2.42. The molecule has 1 aliphatic heterocycles. The smallest absolute Gasteiger partial charge is 0.309 e. The monoisotopic (exact) mass is 417 g/mol. The lowest BCUT2D eigenvalue weighted by molar-refractivity contribution is 0.372. The van der Waals surface area contributed by atoms with Crippen LogP contribution in [0.25, 0.3) is 0 Å². The van der Waals surface area contributed by atoms with E-state index in [0.29, 0.717) is 0 Å². The molecule has 0 bridgehead atoms. The van der Waals surface area contributed by atoms with Crippen LogP contribution in [-0.2, 0) is 25.5 Å². The fourth-order valence-electron chi connectivity index (χ4n) is 1.17. The number of hydrogen-bond acceptors (Lipinski definition) is 12. The molecule has 0 atom stereocenters. The second-order valence-corrected chi connectivity index (χ2v) is 12.0. The molecule has 9 nitrogen and oxygen atoms in total. The molecular weight excluding hydrogens is 399 g/mol. The van der Waals surface area contributed by atoms with Gasteiger partial charge in [-0.15, -0.1) is 13.5 Å². The molecule has 1 aliphatic rings. The molecule has 0 spiro atoms. The van der Waals surface area contributed by atoms with Crippen LogP contribution in [0.2, 0.25) is 0 Å². The largest absolute Gasteiger partial charge is 0.360 e. The summed E-state index contributed by atoms with van der Waals surface area (Å²) in [6, 6.07) is 0. The lowest BCUT2D eigenvalue weighted by Gasteiger charge is -2.29. The first-order valence-corrected chi connectivity index (χ1v) is 13.3. The molecule has 1 heterocycles. The Morgan fingerprint density at radius 1 is 0.571 bits per heavy atom. The van der Waals surface area contributed by atoms with Crippen LogP contribution in [-0.4, -0.2) is 40.1 Å². The molecule has 0 aliphatic carbocycles. The maximum absolute atomic E-state index is 5.56. The molecule has 1 rings (SSSR count). The Labute approximate surface area is 138 Å². The zero-order valence-electron chi connectivity index (χ0n) is 12.4. The third-order valence-corrected chi connectivity index (χ3v) is 12.9. The first-order valence-electron chi connectivity index (χ1n) is 5.24. The molecular formula is C6H18N3O6P3S3. The normalized spacial score (nSPS) is 35.7. The van der Waals surface area contributed by atoms with Crippen molar-refractivity contribution in [1.29, 1.82) is 0 Å². The van der Waals surface area contributed by atoms with Crippen LogP contribution < -0.4 is 0 Å². The van der Waals surface area contributed by atoms with Gasteiger partial charge >= 0.3 is 23.0 Å². The van der Waals surface area contributed by atoms with Crippen LogP contribution in [0.1, 0.15) is 0 Å². The lowest BCUT2D eigenvalue weighted by Crippen LogP contribution is -1.96. The summed E-state index contributed by atoms with van der Waals surface area (Å²) in [6.45, 7) is 0. The Balaban J connectivity index is 3.61. The van der Waals surface area contributed by atoms with Gasteiger partial charge in [0.1, 0.15) is 0 Å². The molecule has 0 saturated heterocycles. The summed E-state index contributed by atoms with van der Waals surface area (Å²) >= 11 is 3.26. The Hall–Kier alpha value is 1.50. The summed E-state index contributed by atoms with van der Waals surface area (Å²) in [5.41, 5.74) is 0. The fraction of sp³-hybridized carbons (Fsp3) is 1.00. The van der Waals surface area contributed by atoms with Crippen LogP contribution in [0, 0.1) is 0 Å². The van der Waals surface area contributed by atoms with Gasteiger partial charge in [-0.2, -0.15) is 0 Å². The van der Waals surface area contributed by atoms with Crippen molar-refractivity contribution in [2.24, 2.45) is 13.5 Å². The minimum Gasteiger partial charge on any atom is -0.309 e. The second kappa shape index (κ2) is 9.11. The minimum atomic E-state index is -3.02. The fourth-order valence-corrected chi connectivity index (χ4v) is 13.1. The SMILES string of the molecule is COP1(OSC)=NP(OC)(OSC)=NP(OC)(OSC)=N1. The van der Waals surface area contributed by atoms with Gasteiger partial charge in [0.15, 0.2) is 0 Å². The van der Waals surface area contributed by atoms with Crippen LogP contribution in [0.3, 0.4) is 0 Å². The van der Waals surface area contributed by atoms with Crippen molar-refractivity contribution in [3.8, 4) is 0 Å². The standard InChI is InChI=1S/C6H18N3O6P3S3/c1-10-16(13-19-4)7-17(11-2,14-20-5)9-18(8-16,12-3)15-21-6/h1-6H3. The molecule has 0 saturated carbocycles. The van der Waals surface area contributed by atoms with Gasteiger partial charge in [0.25, 0.3) is 0 Å². The average Bonchev–Trinajstić information content (AvgIpc) is 2.48. The van der Waals surface area contributed by atoms with Crippen molar-refractivity contribution < 1.29 is 25.5 Å². The Morgan fingerprint density at radius 3 is 0.952 bits per heavy atom. The number of hydrogen-bond donors (Lipinski definition) is 0. The Bertz CT molecular complexity index is 429. The van der Waals surface area contributed by atoms with Gasteiger partial charge in [0.05, 0.1) is 0 Å². The average molecular weight is 417 g/mol. The maximum atomic E-state index is 5.56. The van der Waals surface area contributed by atoms with Crippen molar-refractivity contribution in [2.75, 3.05) is 40.1 Å². The molecule has 0 aromatic rings. The molecule has 0 aromatic heterocycles. The zero-order valence-corrected chi connectivity index (χ0v) is 17.5. The van der Waals surface area contributed by atoms with E-state index in [1.54, 1.807) is 18.8 Å². The summed E-state index contributed by atoms with van der Waals surface area (Å²) in [7, 11) is -4.69. The van der Waals surface area contributed by atoms with Crippen LogP contribution in [0.15, 0.2) is 13.5 Å². The molecule has 0 radical (unpaired) electrons. The summed E-state index contributed by atoms with van der Waals surface area (Å²) < 4.78 is 46.1. The summed E-state index contributed by atoms with van der Waals surface area (Å²) in [6.07, 6.45) is 5.22. The third kappa shape index (κ3) is 4.98. The third-order valence-electron chi connectivity index (χ3n) is 1.91. The van der Waals surface area contributed by atoms with Crippen LogP contribution in [0.5, 0.6) is 0 Å². The van der Waals surface area contributed by atoms with Gasteiger partial charge in [0, 0.05) is 40.1 Å². The minimum absolute atomic E-state index is 1.09. The van der Waals surface area contributed by atoms with Gasteiger partial charge in [-0.1, -0.05) is 0 Å². The van der Waals surface area contributed by atoms with E-state index in [9.17, 15) is 0 Å². The molecule has 126 valence electrons. The Morgan fingerprint density at radius 2 is 0.810 bits per heavy atom. The van der Waals surface area contributed by atoms with E-state index in [1.165, 1.54) is 21.3 Å². The molecule has 21 heavy (non-hydrogen) atoms. The Kier molecular flexibility index (Phi) is 8.91. The van der Waals surface area contributed by atoms with E-state index in [2.05, 4.69) is 13.5 Å². The van der Waals surface area contributed by atoms with Crippen LogP contribution in [0.4, 0.5) is 0 Å². The predicted molar refractivity (Wildman–Crippen MR) is 92.9 cm³/mol. The summed E-state index contributed by atoms with van der Waals surface area (Å²) in [5, 5.41) is 0. The molecule has 15 heteroatoms. The maximum Gasteiger partial charge on any atom is 0.360 e. The molecule has 0 unspecified atom stereocenters. The summed E-state index contributed by atoms with van der Waals surface area (Å²) in [4.78, 5) is 0. The molecule has 0 aromatic carbocycles. The van der Waals surface area contributed by atoms with E-state index in [-0.39, 0.29) is 0 Å². The number of rotatable bonds is 9.